The van der Waals surface area contributed by atoms with Crippen LogP contribution in [0.5, 0.6) is 0 Å². The van der Waals surface area contributed by atoms with Gasteiger partial charge in [0.25, 0.3) is 5.91 Å². The van der Waals surface area contributed by atoms with Crippen molar-refractivity contribution in [2.45, 2.75) is 32.2 Å². The summed E-state index contributed by atoms with van der Waals surface area (Å²) in [6.45, 7) is 4.43. The van der Waals surface area contributed by atoms with Crippen molar-refractivity contribution >= 4 is 28.9 Å². The number of para-hydroxylation sites is 1. The van der Waals surface area contributed by atoms with Crippen LogP contribution in [0.3, 0.4) is 0 Å². The molecule has 0 saturated heterocycles. The Morgan fingerprint density at radius 2 is 1.93 bits per heavy atom. The summed E-state index contributed by atoms with van der Waals surface area (Å²) >= 11 is 6.01. The number of hydrazone groups is 1. The average molecular weight is 422 g/mol. The van der Waals surface area contributed by atoms with Crippen LogP contribution in [-0.2, 0) is 4.79 Å². The van der Waals surface area contributed by atoms with Crippen LogP contribution in [0.1, 0.15) is 49.1 Å². The molecule has 1 unspecified atom stereocenters. The molecule has 1 aliphatic heterocycles. The van der Waals surface area contributed by atoms with Crippen LogP contribution in [0.2, 0.25) is 5.02 Å². The Morgan fingerprint density at radius 3 is 2.63 bits per heavy atom. The molecule has 0 saturated carbocycles. The maximum Gasteiger partial charge on any atom is 0.262 e. The summed E-state index contributed by atoms with van der Waals surface area (Å²) < 4.78 is 5.61. The van der Waals surface area contributed by atoms with E-state index in [1.807, 2.05) is 54.6 Å². The van der Waals surface area contributed by atoms with Crippen molar-refractivity contribution < 1.29 is 9.21 Å². The molecule has 1 aromatic heterocycles. The molecule has 0 fully saturated rings. The number of halogens is 1. The zero-order chi connectivity index (χ0) is 21.1. The van der Waals surface area contributed by atoms with Gasteiger partial charge in [-0.2, -0.15) is 5.10 Å². The van der Waals surface area contributed by atoms with Gasteiger partial charge in [-0.1, -0.05) is 55.8 Å². The van der Waals surface area contributed by atoms with Crippen LogP contribution in [0.15, 0.2) is 76.4 Å². The van der Waals surface area contributed by atoms with Crippen LogP contribution in [0, 0.1) is 0 Å². The Labute approximate surface area is 181 Å². The highest BCUT2D eigenvalue weighted by atomic mass is 35.5. The zero-order valence-electron chi connectivity index (χ0n) is 17.0. The third-order valence-corrected chi connectivity index (χ3v) is 5.48. The predicted octanol–water partition coefficient (Wildman–Crippen LogP) is 5.85. The average Bonchev–Trinajstić information content (AvgIpc) is 3.42. The second-order valence-corrected chi connectivity index (χ2v) is 8.06. The molecular weight excluding hydrogens is 398 g/mol. The van der Waals surface area contributed by atoms with Crippen molar-refractivity contribution in [3.05, 3.63) is 88.8 Å². The number of carbonyl (C=O) groups excluding carboxylic acids is 1. The topological polar surface area (TPSA) is 57.8 Å². The van der Waals surface area contributed by atoms with Gasteiger partial charge < -0.3 is 9.73 Å². The van der Waals surface area contributed by atoms with E-state index in [1.165, 1.54) is 10.6 Å². The number of carbonyl (C=O) groups is 1. The fourth-order valence-corrected chi connectivity index (χ4v) is 3.80. The van der Waals surface area contributed by atoms with Crippen molar-refractivity contribution in [2.24, 2.45) is 5.10 Å². The Bertz CT molecular complexity index is 1040. The molecule has 4 rings (SSSR count). The quantitative estimate of drug-likeness (QED) is 0.543. The summed E-state index contributed by atoms with van der Waals surface area (Å²) in [5.41, 5.74) is 3.93. The van der Waals surface area contributed by atoms with E-state index >= 15 is 0 Å². The number of nitrogens with zero attached hydrogens (tertiary/aromatic N) is 2. The lowest BCUT2D eigenvalue weighted by Crippen LogP contribution is -2.32. The molecule has 0 bridgehead atoms. The summed E-state index contributed by atoms with van der Waals surface area (Å²) in [6, 6.07) is 19.0. The molecule has 2 aromatic carbocycles. The summed E-state index contributed by atoms with van der Waals surface area (Å²) in [5.74, 6) is 0.971. The fourth-order valence-electron chi connectivity index (χ4n) is 3.67. The first kappa shape index (κ1) is 20.2. The molecule has 1 aliphatic rings. The Balaban J connectivity index is 1.56. The SMILES string of the molecule is CC(C)c1ccccc1NCC(=O)N1N=C(c2ccc(Cl)cc2)CC1c1ccco1. The number of furan rings is 1. The van der Waals surface area contributed by atoms with Gasteiger partial charge in [-0.15, -0.1) is 0 Å². The number of hydrogen-bond donors (Lipinski definition) is 1. The van der Waals surface area contributed by atoms with E-state index < -0.39 is 0 Å². The maximum absolute atomic E-state index is 13.1. The Kier molecular flexibility index (Phi) is 5.91. The van der Waals surface area contributed by atoms with Crippen LogP contribution < -0.4 is 5.32 Å². The number of amides is 1. The largest absolute Gasteiger partial charge is 0.467 e. The van der Waals surface area contributed by atoms with E-state index in [1.54, 1.807) is 6.26 Å². The van der Waals surface area contributed by atoms with E-state index in [4.69, 9.17) is 16.0 Å². The highest BCUT2D eigenvalue weighted by molar-refractivity contribution is 6.30. The van der Waals surface area contributed by atoms with Gasteiger partial charge in [-0.05, 0) is 47.4 Å². The van der Waals surface area contributed by atoms with Crippen molar-refractivity contribution in [1.82, 2.24) is 5.01 Å². The molecule has 30 heavy (non-hydrogen) atoms. The van der Waals surface area contributed by atoms with E-state index in [-0.39, 0.29) is 18.5 Å². The minimum atomic E-state index is -0.264. The molecule has 1 atom stereocenters. The van der Waals surface area contributed by atoms with Gasteiger partial charge in [-0.25, -0.2) is 5.01 Å². The number of benzene rings is 2. The lowest BCUT2D eigenvalue weighted by atomic mass is 10.0. The fraction of sp³-hybridized carbons (Fsp3) is 0.250. The van der Waals surface area contributed by atoms with Gasteiger partial charge in [0, 0.05) is 17.1 Å². The molecule has 5 nitrogen and oxygen atoms in total. The van der Waals surface area contributed by atoms with Gasteiger partial charge in [0.05, 0.1) is 18.5 Å². The van der Waals surface area contributed by atoms with Gasteiger partial charge in [-0.3, -0.25) is 4.79 Å². The van der Waals surface area contributed by atoms with Crippen LogP contribution in [0.4, 0.5) is 5.69 Å². The minimum absolute atomic E-state index is 0.112. The van der Waals surface area contributed by atoms with Gasteiger partial charge in [0.2, 0.25) is 0 Å². The monoisotopic (exact) mass is 421 g/mol. The van der Waals surface area contributed by atoms with E-state index in [2.05, 4.69) is 30.3 Å². The van der Waals surface area contributed by atoms with Crippen molar-refractivity contribution in [3.8, 4) is 0 Å². The third-order valence-electron chi connectivity index (χ3n) is 5.23. The van der Waals surface area contributed by atoms with E-state index in [0.717, 1.165) is 22.7 Å². The number of nitrogens with one attached hydrogen (secondary N) is 1. The third kappa shape index (κ3) is 4.26. The first-order valence-corrected chi connectivity index (χ1v) is 10.4. The highest BCUT2D eigenvalue weighted by Crippen LogP contribution is 2.33. The second-order valence-electron chi connectivity index (χ2n) is 7.62. The molecule has 2 heterocycles. The molecule has 0 spiro atoms. The van der Waals surface area contributed by atoms with Crippen molar-refractivity contribution in [3.63, 3.8) is 0 Å². The molecule has 6 heteroatoms. The summed E-state index contributed by atoms with van der Waals surface area (Å²) in [6.07, 6.45) is 2.21. The Hall–Kier alpha value is -3.05. The molecule has 1 amide bonds. The minimum Gasteiger partial charge on any atom is -0.467 e. The smallest absolute Gasteiger partial charge is 0.262 e. The number of hydrogen-bond acceptors (Lipinski definition) is 4. The molecule has 0 radical (unpaired) electrons. The summed E-state index contributed by atoms with van der Waals surface area (Å²) in [7, 11) is 0. The highest BCUT2D eigenvalue weighted by Gasteiger charge is 2.34. The second kappa shape index (κ2) is 8.76. The van der Waals surface area contributed by atoms with Crippen molar-refractivity contribution in [1.29, 1.82) is 0 Å². The van der Waals surface area contributed by atoms with E-state index in [9.17, 15) is 4.79 Å². The molecular formula is C24H24ClN3O2. The normalized spacial score (nSPS) is 16.1. The summed E-state index contributed by atoms with van der Waals surface area (Å²) in [4.78, 5) is 13.1. The molecule has 154 valence electrons. The number of rotatable bonds is 6. The standard InChI is InChI=1S/C24H24ClN3O2/c1-16(2)19-6-3-4-7-20(19)26-15-24(29)28-22(23-8-5-13-30-23)14-21(27-28)17-9-11-18(25)12-10-17/h3-13,16,22,26H,14-15H2,1-2H3. The lowest BCUT2D eigenvalue weighted by Gasteiger charge is -2.21. The van der Waals surface area contributed by atoms with Crippen molar-refractivity contribution in [2.75, 3.05) is 11.9 Å². The van der Waals surface area contributed by atoms with Gasteiger partial charge in [0.15, 0.2) is 0 Å². The molecule has 1 N–H and O–H groups in total. The van der Waals surface area contributed by atoms with Gasteiger partial charge >= 0.3 is 0 Å². The molecule has 0 aliphatic carbocycles. The Morgan fingerprint density at radius 1 is 1.17 bits per heavy atom. The van der Waals surface area contributed by atoms with Crippen LogP contribution in [0.25, 0.3) is 0 Å². The summed E-state index contributed by atoms with van der Waals surface area (Å²) in [5, 5.41) is 10.1. The lowest BCUT2D eigenvalue weighted by molar-refractivity contribution is -0.131. The first-order valence-electron chi connectivity index (χ1n) is 10.0. The van der Waals surface area contributed by atoms with Crippen LogP contribution in [-0.4, -0.2) is 23.2 Å². The van der Waals surface area contributed by atoms with Gasteiger partial charge in [0.1, 0.15) is 11.8 Å². The van der Waals surface area contributed by atoms with E-state index in [0.29, 0.717) is 17.4 Å². The first-order chi connectivity index (χ1) is 14.5. The predicted molar refractivity (Wildman–Crippen MR) is 120 cm³/mol. The maximum atomic E-state index is 13.1. The number of anilines is 1. The van der Waals surface area contributed by atoms with Crippen LogP contribution >= 0.6 is 11.6 Å². The zero-order valence-corrected chi connectivity index (χ0v) is 17.8. The molecule has 3 aromatic rings.